The number of amides is 2. The van der Waals surface area contributed by atoms with Crippen molar-refractivity contribution in [1.29, 1.82) is 0 Å². The number of carbonyl (C=O) groups excluding carboxylic acids is 2. The summed E-state index contributed by atoms with van der Waals surface area (Å²) in [7, 11) is 0. The monoisotopic (exact) mass is 364 g/mol. The minimum Gasteiger partial charge on any atom is -0.326 e. The maximum Gasteiger partial charge on any atom is 0.228 e. The quantitative estimate of drug-likeness (QED) is 0.856. The van der Waals surface area contributed by atoms with Crippen molar-refractivity contribution in [2.24, 2.45) is 11.8 Å². The molecule has 7 heteroatoms. The zero-order valence-electron chi connectivity index (χ0n) is 13.3. The van der Waals surface area contributed by atoms with E-state index in [9.17, 15) is 18.4 Å². The molecule has 2 atom stereocenters. The van der Waals surface area contributed by atoms with E-state index >= 15 is 0 Å². The molecule has 0 heterocycles. The third-order valence-corrected chi connectivity index (χ3v) is 4.37. The van der Waals surface area contributed by atoms with Gasteiger partial charge in [-0.25, -0.2) is 8.78 Å². The van der Waals surface area contributed by atoms with E-state index in [0.717, 1.165) is 17.7 Å². The van der Waals surface area contributed by atoms with Gasteiger partial charge in [0.05, 0.1) is 11.8 Å². The van der Waals surface area contributed by atoms with Crippen LogP contribution in [0.15, 0.2) is 36.4 Å². The molecule has 2 amide bonds. The van der Waals surface area contributed by atoms with E-state index in [0.29, 0.717) is 17.1 Å². The van der Waals surface area contributed by atoms with Crippen molar-refractivity contribution in [3.05, 3.63) is 58.6 Å². The van der Waals surface area contributed by atoms with Crippen molar-refractivity contribution >= 4 is 34.8 Å². The second-order valence-corrected chi connectivity index (χ2v) is 6.42. The number of halogens is 3. The van der Waals surface area contributed by atoms with Crippen molar-refractivity contribution in [1.82, 2.24) is 0 Å². The van der Waals surface area contributed by atoms with E-state index in [1.54, 1.807) is 18.2 Å². The molecular weight excluding hydrogens is 350 g/mol. The molecule has 130 valence electrons. The van der Waals surface area contributed by atoms with Crippen LogP contribution in [0.2, 0.25) is 5.02 Å². The van der Waals surface area contributed by atoms with E-state index in [4.69, 9.17) is 11.6 Å². The average Bonchev–Trinajstić information content (AvgIpc) is 3.35. The normalized spacial score (nSPS) is 18.6. The van der Waals surface area contributed by atoms with Crippen LogP contribution in [0.3, 0.4) is 0 Å². The standard InChI is InChI=1S/C18H15ClF2N2O2/c1-9-5-6-10(19)7-15(9)22-17(24)11-8-12(11)18(25)23-16-13(20)3-2-4-14(16)21/h2-7,11-12H,8H2,1H3,(H,22,24)(H,23,25). The topological polar surface area (TPSA) is 58.2 Å². The summed E-state index contributed by atoms with van der Waals surface area (Å²) in [4.78, 5) is 24.4. The summed E-state index contributed by atoms with van der Waals surface area (Å²) in [5.41, 5.74) is 0.917. The molecule has 25 heavy (non-hydrogen) atoms. The van der Waals surface area contributed by atoms with E-state index in [-0.39, 0.29) is 5.91 Å². The van der Waals surface area contributed by atoms with Crippen molar-refractivity contribution in [3.8, 4) is 0 Å². The fourth-order valence-electron chi connectivity index (χ4n) is 2.56. The third-order valence-electron chi connectivity index (χ3n) is 4.13. The summed E-state index contributed by atoms with van der Waals surface area (Å²) in [5, 5.41) is 5.44. The van der Waals surface area contributed by atoms with Gasteiger partial charge < -0.3 is 10.6 Å². The number of para-hydroxylation sites is 1. The fraction of sp³-hybridized carbons (Fsp3) is 0.222. The molecule has 4 nitrogen and oxygen atoms in total. The SMILES string of the molecule is Cc1ccc(Cl)cc1NC(=O)C1CC1C(=O)Nc1c(F)cccc1F. The molecule has 2 aromatic rings. The van der Waals surface area contributed by atoms with Gasteiger partial charge in [-0.05, 0) is 43.2 Å². The van der Waals surface area contributed by atoms with Gasteiger partial charge in [0.15, 0.2) is 0 Å². The summed E-state index contributed by atoms with van der Waals surface area (Å²) in [5.74, 6) is -3.76. The zero-order valence-corrected chi connectivity index (χ0v) is 14.0. The minimum absolute atomic E-state index is 0.320. The maximum absolute atomic E-state index is 13.6. The first-order valence-electron chi connectivity index (χ1n) is 7.68. The van der Waals surface area contributed by atoms with Gasteiger partial charge in [0.2, 0.25) is 11.8 Å². The Kier molecular flexibility index (Phi) is 4.72. The second-order valence-electron chi connectivity index (χ2n) is 5.98. The Balaban J connectivity index is 1.63. The molecule has 1 saturated carbocycles. The van der Waals surface area contributed by atoms with E-state index in [2.05, 4.69) is 10.6 Å². The first-order valence-corrected chi connectivity index (χ1v) is 8.06. The highest BCUT2D eigenvalue weighted by atomic mass is 35.5. The van der Waals surface area contributed by atoms with Crippen LogP contribution in [0.5, 0.6) is 0 Å². The molecule has 1 aliphatic carbocycles. The fourth-order valence-corrected chi connectivity index (χ4v) is 2.73. The highest BCUT2D eigenvalue weighted by Crippen LogP contribution is 2.40. The Labute approximate surface area is 148 Å². The van der Waals surface area contributed by atoms with Crippen molar-refractivity contribution in [2.45, 2.75) is 13.3 Å². The maximum atomic E-state index is 13.6. The average molecular weight is 365 g/mol. The predicted octanol–water partition coefficient (Wildman–Crippen LogP) is 4.14. The van der Waals surface area contributed by atoms with E-state index in [1.165, 1.54) is 6.07 Å². The summed E-state index contributed by atoms with van der Waals surface area (Å²) in [6.45, 7) is 1.82. The number of nitrogens with one attached hydrogen (secondary N) is 2. The van der Waals surface area contributed by atoms with Crippen LogP contribution in [-0.4, -0.2) is 11.8 Å². The Hall–Kier alpha value is -2.47. The predicted molar refractivity (Wildman–Crippen MR) is 91.4 cm³/mol. The van der Waals surface area contributed by atoms with Crippen molar-refractivity contribution in [2.75, 3.05) is 10.6 Å². The number of benzene rings is 2. The van der Waals surface area contributed by atoms with Crippen LogP contribution in [0.1, 0.15) is 12.0 Å². The van der Waals surface area contributed by atoms with Crippen LogP contribution in [0.25, 0.3) is 0 Å². The smallest absolute Gasteiger partial charge is 0.228 e. The van der Waals surface area contributed by atoms with Gasteiger partial charge in [0, 0.05) is 10.7 Å². The van der Waals surface area contributed by atoms with Crippen molar-refractivity contribution in [3.63, 3.8) is 0 Å². The number of hydrogen-bond acceptors (Lipinski definition) is 2. The number of aryl methyl sites for hydroxylation is 1. The van der Waals surface area contributed by atoms with Crippen LogP contribution in [0, 0.1) is 30.4 Å². The summed E-state index contributed by atoms with van der Waals surface area (Å²) in [6.07, 6.45) is 0.327. The number of carbonyl (C=O) groups is 2. The first kappa shape index (κ1) is 17.4. The van der Waals surface area contributed by atoms with Crippen LogP contribution >= 0.6 is 11.6 Å². The molecule has 0 bridgehead atoms. The third kappa shape index (κ3) is 3.79. The van der Waals surface area contributed by atoms with E-state index in [1.807, 2.05) is 6.92 Å². The largest absolute Gasteiger partial charge is 0.326 e. The second kappa shape index (κ2) is 6.80. The van der Waals surface area contributed by atoms with Gasteiger partial charge in [0.1, 0.15) is 17.3 Å². The minimum atomic E-state index is -0.857. The molecule has 0 saturated heterocycles. The molecule has 2 unspecified atom stereocenters. The highest BCUT2D eigenvalue weighted by Gasteiger charge is 2.48. The van der Waals surface area contributed by atoms with Gasteiger partial charge in [-0.1, -0.05) is 23.7 Å². The number of rotatable bonds is 4. The molecule has 3 rings (SSSR count). The Bertz CT molecular complexity index is 837. The van der Waals surface area contributed by atoms with E-state index < -0.39 is 35.1 Å². The van der Waals surface area contributed by atoms with Gasteiger partial charge in [-0.3, -0.25) is 9.59 Å². The van der Waals surface area contributed by atoms with Gasteiger partial charge >= 0.3 is 0 Å². The van der Waals surface area contributed by atoms with Crippen LogP contribution in [-0.2, 0) is 9.59 Å². The molecular formula is C18H15ClF2N2O2. The molecule has 0 aliphatic heterocycles. The molecule has 1 aliphatic rings. The summed E-state index contributed by atoms with van der Waals surface area (Å²) in [6, 6.07) is 8.43. The molecule has 0 aromatic heterocycles. The lowest BCUT2D eigenvalue weighted by molar-refractivity contribution is -0.122. The molecule has 0 spiro atoms. The van der Waals surface area contributed by atoms with Gasteiger partial charge in [-0.2, -0.15) is 0 Å². The molecule has 2 N–H and O–H groups in total. The summed E-state index contributed by atoms with van der Waals surface area (Å²) < 4.78 is 27.1. The lowest BCUT2D eigenvalue weighted by atomic mass is 10.2. The lowest BCUT2D eigenvalue weighted by Gasteiger charge is -2.09. The Morgan fingerprint density at radius 1 is 1.04 bits per heavy atom. The first-order chi connectivity index (χ1) is 11.9. The zero-order chi connectivity index (χ0) is 18.1. The highest BCUT2D eigenvalue weighted by molar-refractivity contribution is 6.31. The van der Waals surface area contributed by atoms with Crippen LogP contribution < -0.4 is 10.6 Å². The van der Waals surface area contributed by atoms with Gasteiger partial charge in [0.25, 0.3) is 0 Å². The number of hydrogen-bond donors (Lipinski definition) is 2. The van der Waals surface area contributed by atoms with Gasteiger partial charge in [-0.15, -0.1) is 0 Å². The van der Waals surface area contributed by atoms with Crippen molar-refractivity contribution < 1.29 is 18.4 Å². The molecule has 0 radical (unpaired) electrons. The Morgan fingerprint density at radius 3 is 2.28 bits per heavy atom. The number of anilines is 2. The van der Waals surface area contributed by atoms with Crippen LogP contribution in [0.4, 0.5) is 20.2 Å². The molecule has 1 fully saturated rings. The Morgan fingerprint density at radius 2 is 1.64 bits per heavy atom. The lowest BCUT2D eigenvalue weighted by Crippen LogP contribution is -2.21. The summed E-state index contributed by atoms with van der Waals surface area (Å²) >= 11 is 5.91. The molecule has 2 aromatic carbocycles.